The van der Waals surface area contributed by atoms with E-state index in [9.17, 15) is 31.1 Å². The minimum absolute atomic E-state index is 0.142. The summed E-state index contributed by atoms with van der Waals surface area (Å²) in [6.07, 6.45) is -9.55. The van der Waals surface area contributed by atoms with Crippen LogP contribution < -0.4 is 15.5 Å². The van der Waals surface area contributed by atoms with Crippen LogP contribution in [-0.4, -0.2) is 32.6 Å². The Morgan fingerprint density at radius 1 is 1.00 bits per heavy atom. The van der Waals surface area contributed by atoms with Crippen LogP contribution in [0.3, 0.4) is 0 Å². The molecular formula is C11H11F6N3O. The molecule has 0 aliphatic carbocycles. The van der Waals surface area contributed by atoms with Gasteiger partial charge in [0.2, 0.25) is 0 Å². The van der Waals surface area contributed by atoms with Crippen LogP contribution in [-0.2, 0) is 0 Å². The predicted molar refractivity (Wildman–Crippen MR) is 63.9 cm³/mol. The van der Waals surface area contributed by atoms with E-state index >= 15 is 0 Å². The van der Waals surface area contributed by atoms with E-state index in [2.05, 4.69) is 0 Å². The number of halogens is 6. The van der Waals surface area contributed by atoms with Gasteiger partial charge in [-0.25, -0.2) is 0 Å². The summed E-state index contributed by atoms with van der Waals surface area (Å²) in [6, 6.07) is 2.23. The molecule has 1 aromatic rings. The molecular weight excluding hydrogens is 304 g/mol. The summed E-state index contributed by atoms with van der Waals surface area (Å²) in [7, 11) is 1.31. The lowest BCUT2D eigenvalue weighted by molar-refractivity contribution is -0.126. The van der Waals surface area contributed by atoms with E-state index < -0.39 is 35.4 Å². The second-order valence-corrected chi connectivity index (χ2v) is 4.12. The molecule has 0 atom stereocenters. The van der Waals surface area contributed by atoms with Gasteiger partial charge in [0.25, 0.3) is 5.91 Å². The molecule has 4 nitrogen and oxygen atoms in total. The molecule has 0 fully saturated rings. The monoisotopic (exact) mass is 315 g/mol. The summed E-state index contributed by atoms with van der Waals surface area (Å²) < 4.78 is 75.4. The summed E-state index contributed by atoms with van der Waals surface area (Å²) in [5, 5.41) is 0. The number of carbonyl (C=O) groups is 1. The summed E-state index contributed by atoms with van der Waals surface area (Å²) in [5.74, 6) is -1.27. The number of primary amides is 1. The zero-order valence-electron chi connectivity index (χ0n) is 10.9. The normalized spacial score (nSPS) is 12.2. The van der Waals surface area contributed by atoms with E-state index in [1.807, 2.05) is 0 Å². The Kier molecular flexibility index (Phi) is 4.30. The average Bonchev–Trinajstić information content (AvgIpc) is 2.34. The van der Waals surface area contributed by atoms with Gasteiger partial charge in [0, 0.05) is 19.8 Å². The van der Waals surface area contributed by atoms with Gasteiger partial charge in [-0.05, 0) is 18.2 Å². The highest BCUT2D eigenvalue weighted by Crippen LogP contribution is 2.34. The van der Waals surface area contributed by atoms with Gasteiger partial charge in [-0.2, -0.15) is 26.3 Å². The molecule has 0 unspecified atom stereocenters. The maximum atomic E-state index is 12.6. The van der Waals surface area contributed by atoms with Crippen molar-refractivity contribution in [1.82, 2.24) is 0 Å². The van der Waals surface area contributed by atoms with E-state index in [-0.39, 0.29) is 9.80 Å². The van der Waals surface area contributed by atoms with Gasteiger partial charge in [0.15, 0.2) is 0 Å². The minimum Gasteiger partial charge on any atom is -0.366 e. The molecule has 0 saturated carbocycles. The number of hydrogen-bond acceptors (Lipinski definition) is 3. The lowest BCUT2D eigenvalue weighted by Crippen LogP contribution is -2.37. The molecule has 0 radical (unpaired) electrons. The first-order valence-corrected chi connectivity index (χ1v) is 5.40. The summed E-state index contributed by atoms with van der Waals surface area (Å²) in [6.45, 7) is 0. The zero-order valence-corrected chi connectivity index (χ0v) is 10.9. The lowest BCUT2D eigenvalue weighted by Gasteiger charge is -2.26. The largest absolute Gasteiger partial charge is 0.484 e. The zero-order chi connectivity index (χ0) is 16.6. The number of nitrogens with zero attached hydrogens (tertiary/aromatic N) is 2. The third-order valence-electron chi connectivity index (χ3n) is 2.75. The molecule has 0 heterocycles. The number of carbonyl (C=O) groups excluding carboxylic acids is 1. The predicted octanol–water partition coefficient (Wildman–Crippen LogP) is 2.70. The molecule has 1 amide bonds. The Hall–Kier alpha value is -2.13. The molecule has 0 aliphatic heterocycles. The summed E-state index contributed by atoms with van der Waals surface area (Å²) in [5.41, 5.74) is 3.14. The standard InChI is InChI=1S/C11H11F6N3O/c1-19(10(12,13)14)6-3-4-8(7(5-6)9(18)21)20(2)11(15,16)17/h3-5H,1-2H3,(H2,18,21). The average molecular weight is 315 g/mol. The molecule has 0 aromatic heterocycles. The first-order chi connectivity index (χ1) is 9.35. The van der Waals surface area contributed by atoms with Crippen molar-refractivity contribution in [1.29, 1.82) is 0 Å². The molecule has 0 saturated heterocycles. The van der Waals surface area contributed by atoms with Crippen molar-refractivity contribution >= 4 is 17.3 Å². The van der Waals surface area contributed by atoms with Gasteiger partial charge in [-0.15, -0.1) is 0 Å². The molecule has 0 bridgehead atoms. The van der Waals surface area contributed by atoms with Crippen molar-refractivity contribution in [3.05, 3.63) is 23.8 Å². The quantitative estimate of drug-likeness (QED) is 0.689. The number of benzene rings is 1. The minimum atomic E-state index is -4.80. The lowest BCUT2D eigenvalue weighted by atomic mass is 10.1. The van der Waals surface area contributed by atoms with Crippen LogP contribution in [0.15, 0.2) is 18.2 Å². The first kappa shape index (κ1) is 16.9. The molecule has 10 heteroatoms. The Bertz CT molecular complexity index is 540. The molecule has 1 aromatic carbocycles. The maximum absolute atomic E-state index is 12.6. The Morgan fingerprint density at radius 2 is 1.48 bits per heavy atom. The van der Waals surface area contributed by atoms with Crippen molar-refractivity contribution in [2.24, 2.45) is 5.73 Å². The summed E-state index contributed by atoms with van der Waals surface area (Å²) >= 11 is 0. The van der Waals surface area contributed by atoms with Gasteiger partial charge >= 0.3 is 12.6 Å². The first-order valence-electron chi connectivity index (χ1n) is 5.40. The smallest absolute Gasteiger partial charge is 0.366 e. The highest BCUT2D eigenvalue weighted by molar-refractivity contribution is 5.99. The number of alkyl halides is 6. The van der Waals surface area contributed by atoms with Crippen molar-refractivity contribution in [2.45, 2.75) is 12.6 Å². The van der Waals surface area contributed by atoms with Gasteiger partial charge in [0.1, 0.15) is 0 Å². The Balaban J connectivity index is 3.36. The van der Waals surface area contributed by atoms with E-state index in [1.165, 1.54) is 0 Å². The second kappa shape index (κ2) is 5.34. The SMILES string of the molecule is CN(c1ccc(N(C)C(F)(F)F)c(C(N)=O)c1)C(F)(F)F. The van der Waals surface area contributed by atoms with E-state index in [1.54, 1.807) is 0 Å². The fourth-order valence-corrected chi connectivity index (χ4v) is 1.51. The second-order valence-electron chi connectivity index (χ2n) is 4.12. The molecule has 0 aliphatic rings. The van der Waals surface area contributed by atoms with Gasteiger partial charge in [-0.3, -0.25) is 14.6 Å². The van der Waals surface area contributed by atoms with Gasteiger partial charge in [0.05, 0.1) is 11.3 Å². The van der Waals surface area contributed by atoms with Crippen molar-refractivity contribution in [3.63, 3.8) is 0 Å². The third-order valence-corrected chi connectivity index (χ3v) is 2.75. The number of rotatable bonds is 3. The highest BCUT2D eigenvalue weighted by atomic mass is 19.4. The Labute approximate surface area is 115 Å². The maximum Gasteiger partial charge on any atom is 0.484 e. The van der Waals surface area contributed by atoms with Crippen LogP contribution in [0.4, 0.5) is 37.7 Å². The number of amides is 1. The number of hydrogen-bond donors (Lipinski definition) is 1. The molecule has 21 heavy (non-hydrogen) atoms. The van der Waals surface area contributed by atoms with Crippen LogP contribution in [0.5, 0.6) is 0 Å². The van der Waals surface area contributed by atoms with Crippen LogP contribution in [0.2, 0.25) is 0 Å². The van der Waals surface area contributed by atoms with Crippen LogP contribution in [0.1, 0.15) is 10.4 Å². The molecule has 118 valence electrons. The van der Waals surface area contributed by atoms with E-state index in [4.69, 9.17) is 5.73 Å². The topological polar surface area (TPSA) is 49.6 Å². The third kappa shape index (κ3) is 3.70. The molecule has 2 N–H and O–H groups in total. The van der Waals surface area contributed by atoms with E-state index in [0.717, 1.165) is 12.1 Å². The fourth-order valence-electron chi connectivity index (χ4n) is 1.51. The fraction of sp³-hybridized carbons (Fsp3) is 0.364. The molecule has 0 spiro atoms. The molecule has 1 rings (SSSR count). The van der Waals surface area contributed by atoms with Crippen LogP contribution >= 0.6 is 0 Å². The van der Waals surface area contributed by atoms with Crippen molar-refractivity contribution < 1.29 is 31.1 Å². The van der Waals surface area contributed by atoms with Crippen LogP contribution in [0.25, 0.3) is 0 Å². The Morgan fingerprint density at radius 3 is 1.86 bits per heavy atom. The van der Waals surface area contributed by atoms with Crippen molar-refractivity contribution in [2.75, 3.05) is 23.9 Å². The number of anilines is 2. The van der Waals surface area contributed by atoms with Gasteiger partial charge < -0.3 is 5.73 Å². The highest BCUT2D eigenvalue weighted by Gasteiger charge is 2.38. The van der Waals surface area contributed by atoms with Crippen molar-refractivity contribution in [3.8, 4) is 0 Å². The van der Waals surface area contributed by atoms with Gasteiger partial charge in [-0.1, -0.05) is 0 Å². The van der Waals surface area contributed by atoms with Crippen LogP contribution in [0, 0.1) is 0 Å². The summed E-state index contributed by atoms with van der Waals surface area (Å²) in [4.78, 5) is 10.9. The van der Waals surface area contributed by atoms with E-state index in [0.29, 0.717) is 20.2 Å². The number of nitrogens with two attached hydrogens (primary N) is 1.